The van der Waals surface area contributed by atoms with Crippen LogP contribution >= 0.6 is 0 Å². The molecule has 3 nitrogen and oxygen atoms in total. The van der Waals surface area contributed by atoms with Gasteiger partial charge >= 0.3 is 0 Å². The largest absolute Gasteiger partial charge is 0.497 e. The number of methoxy groups -OCH3 is 1. The summed E-state index contributed by atoms with van der Waals surface area (Å²) in [5.74, 6) is 0.896. The molecule has 1 aromatic rings. The van der Waals surface area contributed by atoms with Gasteiger partial charge in [0.15, 0.2) is 0 Å². The van der Waals surface area contributed by atoms with Crippen LogP contribution in [0.25, 0.3) is 5.57 Å². The Bertz CT molecular complexity index is 501. The van der Waals surface area contributed by atoms with Crippen molar-refractivity contribution in [1.82, 2.24) is 0 Å². The van der Waals surface area contributed by atoms with Crippen LogP contribution in [0.5, 0.6) is 5.75 Å². The second-order valence-corrected chi connectivity index (χ2v) is 4.31. The van der Waals surface area contributed by atoms with E-state index in [2.05, 4.69) is 24.2 Å². The smallest absolute Gasteiger partial charge is 0.119 e. The monoisotopic (exact) mass is 231 g/mol. The van der Waals surface area contributed by atoms with Gasteiger partial charge in [-0.1, -0.05) is 11.2 Å². The molecule has 1 aliphatic rings. The summed E-state index contributed by atoms with van der Waals surface area (Å²) in [5, 5.41) is 12.2. The fraction of sp³-hybridized carbons (Fsp3) is 0.357. The number of nitrogens with zero attached hydrogens (tertiary/aromatic N) is 1. The summed E-state index contributed by atoms with van der Waals surface area (Å²) in [7, 11) is 1.68. The molecule has 0 fully saturated rings. The first-order valence-corrected chi connectivity index (χ1v) is 5.73. The predicted molar refractivity (Wildman–Crippen MR) is 68.8 cm³/mol. The Hall–Kier alpha value is -1.77. The Morgan fingerprint density at radius 2 is 2.12 bits per heavy atom. The van der Waals surface area contributed by atoms with Crippen molar-refractivity contribution in [3.05, 3.63) is 34.9 Å². The third-order valence-electron chi connectivity index (χ3n) is 3.40. The molecule has 0 radical (unpaired) electrons. The predicted octanol–water partition coefficient (Wildman–Crippen LogP) is 3.27. The minimum Gasteiger partial charge on any atom is -0.497 e. The van der Waals surface area contributed by atoms with E-state index in [1.807, 2.05) is 13.0 Å². The van der Waals surface area contributed by atoms with Gasteiger partial charge in [0.1, 0.15) is 5.75 Å². The second kappa shape index (κ2) is 4.62. The van der Waals surface area contributed by atoms with Gasteiger partial charge in [-0.2, -0.15) is 0 Å². The molecule has 0 spiro atoms. The van der Waals surface area contributed by atoms with Crippen molar-refractivity contribution in [1.29, 1.82) is 0 Å². The second-order valence-electron chi connectivity index (χ2n) is 4.31. The topological polar surface area (TPSA) is 41.8 Å². The van der Waals surface area contributed by atoms with Gasteiger partial charge in [-0.3, -0.25) is 0 Å². The molecule has 1 aliphatic carbocycles. The molecule has 0 bridgehead atoms. The number of benzene rings is 1. The highest BCUT2D eigenvalue weighted by Gasteiger charge is 2.18. The first kappa shape index (κ1) is 11.7. The van der Waals surface area contributed by atoms with Crippen LogP contribution in [-0.2, 0) is 6.42 Å². The lowest BCUT2D eigenvalue weighted by Crippen LogP contribution is -2.09. The molecule has 0 atom stereocenters. The fourth-order valence-electron chi connectivity index (χ4n) is 2.39. The van der Waals surface area contributed by atoms with Crippen molar-refractivity contribution in [2.24, 2.45) is 5.16 Å². The van der Waals surface area contributed by atoms with E-state index in [9.17, 15) is 0 Å². The fourth-order valence-corrected chi connectivity index (χ4v) is 2.39. The molecule has 90 valence electrons. The van der Waals surface area contributed by atoms with Gasteiger partial charge in [-0.25, -0.2) is 0 Å². The van der Waals surface area contributed by atoms with Gasteiger partial charge in [-0.05, 0) is 61.1 Å². The van der Waals surface area contributed by atoms with Crippen molar-refractivity contribution in [2.45, 2.75) is 26.7 Å². The summed E-state index contributed by atoms with van der Waals surface area (Å²) in [6.45, 7) is 3.92. The summed E-state index contributed by atoms with van der Waals surface area (Å²) in [5.41, 5.74) is 5.59. The first-order valence-electron chi connectivity index (χ1n) is 5.73. The Balaban J connectivity index is 2.50. The highest BCUT2D eigenvalue weighted by molar-refractivity contribution is 6.05. The summed E-state index contributed by atoms with van der Waals surface area (Å²) in [4.78, 5) is 0. The van der Waals surface area contributed by atoms with Crippen LogP contribution in [-0.4, -0.2) is 18.0 Å². The van der Waals surface area contributed by atoms with E-state index in [1.165, 1.54) is 16.7 Å². The van der Waals surface area contributed by atoms with E-state index in [0.29, 0.717) is 5.71 Å². The number of hydrogen-bond acceptors (Lipinski definition) is 3. The summed E-state index contributed by atoms with van der Waals surface area (Å²) in [6, 6.07) is 6.13. The maximum Gasteiger partial charge on any atom is 0.119 e. The minimum absolute atomic E-state index is 0.712. The van der Waals surface area contributed by atoms with E-state index in [1.54, 1.807) is 7.11 Å². The number of fused-ring (bicyclic) bond motifs is 1. The quantitative estimate of drug-likeness (QED) is 0.482. The van der Waals surface area contributed by atoms with Crippen LogP contribution in [0.3, 0.4) is 0 Å². The molecule has 0 aliphatic heterocycles. The van der Waals surface area contributed by atoms with Gasteiger partial charge in [0, 0.05) is 0 Å². The summed E-state index contributed by atoms with van der Waals surface area (Å²) >= 11 is 0. The average Bonchev–Trinajstić information content (AvgIpc) is 2.38. The maximum absolute atomic E-state index is 8.87. The standard InChI is InChI=1S/C14H17NO2/c1-9-13(10(2)15-16)6-4-11-8-12(17-3)5-7-14(9)11/h5,7-8,16H,4,6H2,1-3H3/b15-10-. The van der Waals surface area contributed by atoms with Crippen LogP contribution in [0.2, 0.25) is 0 Å². The van der Waals surface area contributed by atoms with Crippen LogP contribution in [0.15, 0.2) is 28.9 Å². The Kier molecular flexibility index (Phi) is 3.18. The molecule has 0 unspecified atom stereocenters. The van der Waals surface area contributed by atoms with Crippen molar-refractivity contribution in [2.75, 3.05) is 7.11 Å². The molecule has 1 N–H and O–H groups in total. The molecular formula is C14H17NO2. The van der Waals surface area contributed by atoms with Crippen LogP contribution in [0.4, 0.5) is 0 Å². The molecule has 0 saturated heterocycles. The van der Waals surface area contributed by atoms with Crippen molar-refractivity contribution < 1.29 is 9.94 Å². The molecule has 0 heterocycles. The number of rotatable bonds is 2. The molecular weight excluding hydrogens is 214 g/mol. The number of ether oxygens (including phenoxy) is 1. The minimum atomic E-state index is 0.712. The number of hydrogen-bond donors (Lipinski definition) is 1. The SMILES string of the molecule is COc1ccc2c(c1)CCC(/C(C)=N\O)=C2C. The third-order valence-corrected chi connectivity index (χ3v) is 3.40. The number of allylic oxidation sites excluding steroid dienone is 2. The lowest BCUT2D eigenvalue weighted by Gasteiger charge is -2.21. The first-order chi connectivity index (χ1) is 8.17. The van der Waals surface area contributed by atoms with Gasteiger partial charge in [0.05, 0.1) is 12.8 Å². The van der Waals surface area contributed by atoms with E-state index < -0.39 is 0 Å². The van der Waals surface area contributed by atoms with Crippen LogP contribution in [0, 0.1) is 0 Å². The highest BCUT2D eigenvalue weighted by atomic mass is 16.5. The molecule has 0 amide bonds. The Morgan fingerprint density at radius 1 is 1.35 bits per heavy atom. The Morgan fingerprint density at radius 3 is 2.76 bits per heavy atom. The zero-order valence-electron chi connectivity index (χ0n) is 10.4. The zero-order valence-corrected chi connectivity index (χ0v) is 10.4. The molecule has 0 saturated carbocycles. The van der Waals surface area contributed by atoms with Gasteiger partial charge < -0.3 is 9.94 Å². The van der Waals surface area contributed by atoms with Gasteiger partial charge in [-0.15, -0.1) is 0 Å². The van der Waals surface area contributed by atoms with Crippen molar-refractivity contribution >= 4 is 11.3 Å². The number of oxime groups is 1. The summed E-state index contributed by atoms with van der Waals surface area (Å²) < 4.78 is 5.23. The molecule has 3 heteroatoms. The molecule has 1 aromatic carbocycles. The maximum atomic E-state index is 8.87. The van der Waals surface area contributed by atoms with Crippen molar-refractivity contribution in [3.8, 4) is 5.75 Å². The van der Waals surface area contributed by atoms with Gasteiger partial charge in [0.25, 0.3) is 0 Å². The zero-order chi connectivity index (χ0) is 12.4. The molecule has 0 aromatic heterocycles. The van der Waals surface area contributed by atoms with Crippen LogP contribution in [0.1, 0.15) is 31.4 Å². The van der Waals surface area contributed by atoms with Gasteiger partial charge in [0.2, 0.25) is 0 Å². The number of aryl methyl sites for hydroxylation is 1. The normalized spacial score (nSPS) is 15.8. The third kappa shape index (κ3) is 2.05. The van der Waals surface area contributed by atoms with E-state index in [0.717, 1.165) is 24.2 Å². The average molecular weight is 231 g/mol. The lowest BCUT2D eigenvalue weighted by atomic mass is 9.84. The Labute approximate surface area is 101 Å². The van der Waals surface area contributed by atoms with Crippen LogP contribution < -0.4 is 4.74 Å². The van der Waals surface area contributed by atoms with E-state index in [-0.39, 0.29) is 0 Å². The molecule has 17 heavy (non-hydrogen) atoms. The van der Waals surface area contributed by atoms with Crippen molar-refractivity contribution in [3.63, 3.8) is 0 Å². The highest BCUT2D eigenvalue weighted by Crippen LogP contribution is 2.33. The van der Waals surface area contributed by atoms with E-state index >= 15 is 0 Å². The summed E-state index contributed by atoms with van der Waals surface area (Å²) in [6.07, 6.45) is 1.88. The molecule has 2 rings (SSSR count). The van der Waals surface area contributed by atoms with E-state index in [4.69, 9.17) is 9.94 Å². The lowest BCUT2D eigenvalue weighted by molar-refractivity contribution is 0.318.